The number of nitrogens with one attached hydrogen (secondary N) is 3. The average Bonchev–Trinajstić information content (AvgIpc) is 2.94. The molecule has 7 heteroatoms. The summed E-state index contributed by atoms with van der Waals surface area (Å²) in [5.74, 6) is 0.0351. The van der Waals surface area contributed by atoms with Crippen molar-refractivity contribution in [2.24, 2.45) is 0 Å². The molecule has 1 amide bonds. The lowest BCUT2D eigenvalue weighted by atomic mass is 10.1. The zero-order chi connectivity index (χ0) is 11.8. The number of rotatable bonds is 2. The molecule has 3 aliphatic rings. The molecule has 0 saturated carbocycles. The number of aliphatic hydroxyl groups is 1. The molecule has 0 aliphatic carbocycles. The van der Waals surface area contributed by atoms with Crippen LogP contribution in [0.5, 0.6) is 0 Å². The maximum atomic E-state index is 11.6. The Morgan fingerprint density at radius 2 is 2.29 bits per heavy atom. The van der Waals surface area contributed by atoms with Crippen LogP contribution < -0.4 is 16.0 Å². The highest BCUT2D eigenvalue weighted by molar-refractivity contribution is 5.83. The van der Waals surface area contributed by atoms with E-state index in [9.17, 15) is 4.79 Å². The molecule has 3 fully saturated rings. The van der Waals surface area contributed by atoms with Crippen LogP contribution in [0, 0.1) is 0 Å². The largest absolute Gasteiger partial charge is 0.394 e. The quantitative estimate of drug-likeness (QED) is 0.436. The summed E-state index contributed by atoms with van der Waals surface area (Å²) in [4.78, 5) is 13.8. The molecule has 3 rings (SSSR count). The summed E-state index contributed by atoms with van der Waals surface area (Å²) in [6, 6.07) is -0.208. The van der Waals surface area contributed by atoms with E-state index in [1.165, 1.54) is 0 Å². The predicted molar refractivity (Wildman–Crippen MR) is 58.5 cm³/mol. The van der Waals surface area contributed by atoms with Gasteiger partial charge in [-0.2, -0.15) is 0 Å². The van der Waals surface area contributed by atoms with E-state index < -0.39 is 0 Å². The number of nitrogens with zero attached hydrogens (tertiary/aromatic N) is 1. The summed E-state index contributed by atoms with van der Waals surface area (Å²) < 4.78 is 5.74. The molecule has 3 aliphatic heterocycles. The summed E-state index contributed by atoms with van der Waals surface area (Å²) in [6.45, 7) is 1.20. The maximum absolute atomic E-state index is 11.6. The van der Waals surface area contributed by atoms with Gasteiger partial charge in [0.25, 0.3) is 0 Å². The molecule has 7 nitrogen and oxygen atoms in total. The first-order valence-electron chi connectivity index (χ1n) is 6.06. The molecule has 17 heavy (non-hydrogen) atoms. The molecule has 0 aromatic carbocycles. The van der Waals surface area contributed by atoms with Gasteiger partial charge in [0.05, 0.1) is 32.2 Å². The highest BCUT2D eigenvalue weighted by Crippen LogP contribution is 2.26. The van der Waals surface area contributed by atoms with Gasteiger partial charge in [-0.25, -0.2) is 4.90 Å². The molecule has 0 radical (unpaired) electrons. The molecule has 96 valence electrons. The highest BCUT2D eigenvalue weighted by atomic mass is 16.5. The fourth-order valence-electron chi connectivity index (χ4n) is 2.78. The van der Waals surface area contributed by atoms with Crippen molar-refractivity contribution < 1.29 is 14.6 Å². The number of amides is 1. The summed E-state index contributed by atoms with van der Waals surface area (Å²) >= 11 is 0. The molecule has 4 N–H and O–H groups in total. The molecule has 3 saturated heterocycles. The third kappa shape index (κ3) is 1.94. The first kappa shape index (κ1) is 11.4. The number of ether oxygens (including phenoxy) is 1. The third-order valence-corrected chi connectivity index (χ3v) is 3.68. The Morgan fingerprint density at radius 3 is 3.06 bits per heavy atom. The van der Waals surface area contributed by atoms with E-state index in [-0.39, 0.29) is 37.1 Å². The van der Waals surface area contributed by atoms with Gasteiger partial charge in [0.1, 0.15) is 12.3 Å². The molecular weight excluding hydrogens is 224 g/mol. The van der Waals surface area contributed by atoms with Gasteiger partial charge in [0, 0.05) is 0 Å². The van der Waals surface area contributed by atoms with Crippen LogP contribution in [0.4, 0.5) is 0 Å². The monoisotopic (exact) mass is 242 g/mol. The Labute approximate surface area is 99.5 Å². The zero-order valence-electron chi connectivity index (χ0n) is 9.56. The van der Waals surface area contributed by atoms with Crippen molar-refractivity contribution >= 4 is 5.91 Å². The summed E-state index contributed by atoms with van der Waals surface area (Å²) in [5.41, 5.74) is 0. The zero-order valence-corrected chi connectivity index (χ0v) is 9.56. The Morgan fingerprint density at radius 1 is 1.41 bits per heavy atom. The van der Waals surface area contributed by atoms with Crippen LogP contribution in [0.1, 0.15) is 12.8 Å². The van der Waals surface area contributed by atoms with Gasteiger partial charge >= 0.3 is 0 Å². The van der Waals surface area contributed by atoms with E-state index in [0.717, 1.165) is 12.8 Å². The van der Waals surface area contributed by atoms with Crippen LogP contribution in [-0.2, 0) is 9.53 Å². The van der Waals surface area contributed by atoms with Crippen molar-refractivity contribution in [1.29, 1.82) is 0 Å². The summed E-state index contributed by atoms with van der Waals surface area (Å²) in [7, 11) is 0. The number of aliphatic hydroxyl groups excluding tert-OH is 1. The molecular formula is C10H18N4O3. The smallest absolute Gasteiger partial charge is 0.241 e. The van der Waals surface area contributed by atoms with E-state index in [2.05, 4.69) is 20.9 Å². The lowest BCUT2D eigenvalue weighted by Crippen LogP contribution is -2.63. The lowest BCUT2D eigenvalue weighted by Gasteiger charge is -2.34. The van der Waals surface area contributed by atoms with Crippen LogP contribution in [0.15, 0.2) is 0 Å². The molecule has 4 atom stereocenters. The van der Waals surface area contributed by atoms with E-state index in [4.69, 9.17) is 9.84 Å². The van der Waals surface area contributed by atoms with Gasteiger partial charge < -0.3 is 15.2 Å². The van der Waals surface area contributed by atoms with Gasteiger partial charge in [-0.3, -0.25) is 15.4 Å². The molecule has 0 spiro atoms. The van der Waals surface area contributed by atoms with Crippen molar-refractivity contribution in [3.8, 4) is 0 Å². The van der Waals surface area contributed by atoms with E-state index in [1.807, 2.05) is 0 Å². The van der Waals surface area contributed by atoms with Crippen molar-refractivity contribution in [2.45, 2.75) is 37.4 Å². The standard InChI is InChI=1S/C10H18N4O3/c15-3-6-1-2-7(17-6)14-5-13-8-9(14)11-4-12-10(8)16/h6-9,11,13,15H,1-5H2,(H,12,16). The third-order valence-electron chi connectivity index (χ3n) is 3.68. The number of carbonyl (C=O) groups is 1. The van der Waals surface area contributed by atoms with Gasteiger partial charge in [0.15, 0.2) is 0 Å². The number of hydrogen-bond donors (Lipinski definition) is 4. The first-order valence-corrected chi connectivity index (χ1v) is 6.06. The summed E-state index contributed by atoms with van der Waals surface area (Å²) in [6.07, 6.45) is 1.71. The van der Waals surface area contributed by atoms with Crippen molar-refractivity contribution in [3.05, 3.63) is 0 Å². The molecule has 3 heterocycles. The van der Waals surface area contributed by atoms with Crippen LogP contribution in [-0.4, -0.2) is 60.4 Å². The average molecular weight is 242 g/mol. The minimum absolute atomic E-state index is 0.00644. The van der Waals surface area contributed by atoms with Crippen molar-refractivity contribution in [3.63, 3.8) is 0 Å². The normalized spacial score (nSPS) is 42.5. The van der Waals surface area contributed by atoms with Crippen LogP contribution in [0.25, 0.3) is 0 Å². The second-order valence-corrected chi connectivity index (χ2v) is 4.69. The second kappa shape index (κ2) is 4.51. The minimum atomic E-state index is -0.208. The van der Waals surface area contributed by atoms with Gasteiger partial charge in [0.2, 0.25) is 5.91 Å². The van der Waals surface area contributed by atoms with Crippen molar-refractivity contribution in [2.75, 3.05) is 19.9 Å². The molecule has 0 aromatic heterocycles. The van der Waals surface area contributed by atoms with E-state index >= 15 is 0 Å². The molecule has 4 unspecified atom stereocenters. The summed E-state index contributed by atoms with van der Waals surface area (Å²) in [5, 5.41) is 18.3. The SMILES string of the molecule is O=C1NCNC2C1NCN2C1CCC(CO)O1. The molecule has 0 bridgehead atoms. The Bertz CT molecular complexity index is 314. The van der Waals surface area contributed by atoms with Gasteiger partial charge in [-0.15, -0.1) is 0 Å². The van der Waals surface area contributed by atoms with Crippen LogP contribution >= 0.6 is 0 Å². The fourth-order valence-corrected chi connectivity index (χ4v) is 2.78. The number of hydrogen-bond acceptors (Lipinski definition) is 6. The lowest BCUT2D eigenvalue weighted by molar-refractivity contribution is -0.127. The highest BCUT2D eigenvalue weighted by Gasteiger charge is 2.45. The van der Waals surface area contributed by atoms with Gasteiger partial charge in [-0.05, 0) is 12.8 Å². The van der Waals surface area contributed by atoms with E-state index in [1.54, 1.807) is 0 Å². The van der Waals surface area contributed by atoms with Gasteiger partial charge in [-0.1, -0.05) is 0 Å². The minimum Gasteiger partial charge on any atom is -0.394 e. The Hall–Kier alpha value is -0.730. The van der Waals surface area contributed by atoms with Crippen LogP contribution in [0.3, 0.4) is 0 Å². The number of carbonyl (C=O) groups excluding carboxylic acids is 1. The molecule has 0 aromatic rings. The maximum Gasteiger partial charge on any atom is 0.241 e. The Balaban J connectivity index is 1.67. The van der Waals surface area contributed by atoms with E-state index in [0.29, 0.717) is 13.3 Å². The fraction of sp³-hybridized carbons (Fsp3) is 0.900. The van der Waals surface area contributed by atoms with Crippen molar-refractivity contribution in [1.82, 2.24) is 20.9 Å². The predicted octanol–water partition coefficient (Wildman–Crippen LogP) is -2.28. The first-order chi connectivity index (χ1) is 8.29. The topological polar surface area (TPSA) is 85.9 Å². The number of fused-ring (bicyclic) bond motifs is 1. The Kier molecular flexibility index (Phi) is 3.01. The van der Waals surface area contributed by atoms with Crippen LogP contribution in [0.2, 0.25) is 0 Å². The second-order valence-electron chi connectivity index (χ2n) is 4.69.